The first-order valence-corrected chi connectivity index (χ1v) is 8.48. The van der Waals surface area contributed by atoms with E-state index in [1.165, 1.54) is 0 Å². The maximum atomic E-state index is 11.8. The zero-order valence-corrected chi connectivity index (χ0v) is 13.4. The molecule has 0 saturated carbocycles. The van der Waals surface area contributed by atoms with Crippen LogP contribution in [0.4, 0.5) is 0 Å². The predicted molar refractivity (Wildman–Crippen MR) is 87.2 cm³/mol. The largest absolute Gasteiger partial charge is 0.234 e. The number of nitroso groups, excluding NO2 is 2. The lowest BCUT2D eigenvalue weighted by Gasteiger charge is -2.08. The highest BCUT2D eigenvalue weighted by molar-refractivity contribution is 7.99. The summed E-state index contributed by atoms with van der Waals surface area (Å²) in [6, 6.07) is -0.110. The minimum absolute atomic E-state index is 0.0460. The molecule has 2 rings (SSSR count). The van der Waals surface area contributed by atoms with Crippen molar-refractivity contribution in [1.82, 2.24) is 0 Å². The Balaban J connectivity index is 1.67. The average molecular weight is 306 g/mol. The molecule has 0 bridgehead atoms. The van der Waals surface area contributed by atoms with Crippen LogP contribution in [0.15, 0.2) is 47.9 Å². The van der Waals surface area contributed by atoms with E-state index in [9.17, 15) is 9.81 Å². The van der Waals surface area contributed by atoms with Crippen molar-refractivity contribution in [3.63, 3.8) is 0 Å². The smallest absolute Gasteiger partial charge is 0.161 e. The van der Waals surface area contributed by atoms with Gasteiger partial charge in [-0.3, -0.25) is 0 Å². The summed E-state index contributed by atoms with van der Waals surface area (Å²) in [6.07, 6.45) is 13.1. The zero-order valence-electron chi connectivity index (χ0n) is 12.6. The lowest BCUT2D eigenvalue weighted by molar-refractivity contribution is -0.528. The molecule has 5 heteroatoms. The first-order chi connectivity index (χ1) is 10.1. The fraction of sp³-hybridized carbons (Fsp3) is 0.500. The van der Waals surface area contributed by atoms with Crippen LogP contribution in [0.3, 0.4) is 0 Å². The van der Waals surface area contributed by atoms with Crippen molar-refractivity contribution in [2.45, 2.75) is 38.8 Å². The van der Waals surface area contributed by atoms with Gasteiger partial charge in [0, 0.05) is 69.7 Å². The van der Waals surface area contributed by atoms with Crippen molar-refractivity contribution >= 4 is 11.8 Å². The lowest BCUT2D eigenvalue weighted by atomic mass is 10.1. The van der Waals surface area contributed by atoms with Gasteiger partial charge in [0.2, 0.25) is 23.5 Å². The highest BCUT2D eigenvalue weighted by atomic mass is 32.2. The van der Waals surface area contributed by atoms with Gasteiger partial charge in [0.15, 0.2) is 0 Å². The minimum Gasteiger partial charge on any atom is -0.161 e. The van der Waals surface area contributed by atoms with Crippen LogP contribution in [0.25, 0.3) is 0 Å². The highest BCUT2D eigenvalue weighted by Crippen LogP contribution is 2.19. The van der Waals surface area contributed by atoms with Crippen molar-refractivity contribution in [3.8, 4) is 0 Å². The SMILES string of the molecule is CC1=CC=CC(CCSCCC2=CC=CC(C)[N+]2=O)[N+]1=O. The van der Waals surface area contributed by atoms with E-state index in [0.29, 0.717) is 0 Å². The number of allylic oxidation sites excluding steroid dienone is 6. The molecule has 0 aromatic heterocycles. The van der Waals surface area contributed by atoms with Gasteiger partial charge in [-0.2, -0.15) is 11.8 Å². The van der Waals surface area contributed by atoms with Crippen LogP contribution in [0.1, 0.15) is 26.7 Å². The predicted octanol–water partition coefficient (Wildman–Crippen LogP) is 3.74. The Morgan fingerprint density at radius 1 is 1.10 bits per heavy atom. The Hall–Kier alpha value is -1.49. The molecule has 0 aliphatic carbocycles. The number of rotatable bonds is 6. The summed E-state index contributed by atoms with van der Waals surface area (Å²) in [5.74, 6) is 1.84. The van der Waals surface area contributed by atoms with E-state index in [1.54, 1.807) is 11.8 Å². The van der Waals surface area contributed by atoms with Gasteiger partial charge in [-0.25, -0.2) is 0 Å². The molecular formula is C16H22N2O2S+2. The summed E-state index contributed by atoms with van der Waals surface area (Å²) in [7, 11) is 0. The van der Waals surface area contributed by atoms with Gasteiger partial charge < -0.3 is 0 Å². The van der Waals surface area contributed by atoms with Crippen LogP contribution in [-0.2, 0) is 0 Å². The molecule has 0 saturated heterocycles. The number of nitrogens with zero attached hydrogens (tertiary/aromatic N) is 2. The number of thioether (sulfide) groups is 1. The summed E-state index contributed by atoms with van der Waals surface area (Å²) in [6.45, 7) is 3.74. The van der Waals surface area contributed by atoms with Crippen LogP contribution < -0.4 is 0 Å². The molecule has 2 unspecified atom stereocenters. The second-order valence-corrected chi connectivity index (χ2v) is 6.57. The Kier molecular flexibility index (Phi) is 5.67. The van der Waals surface area contributed by atoms with Crippen LogP contribution in [0.5, 0.6) is 0 Å². The van der Waals surface area contributed by atoms with Crippen molar-refractivity contribution in [3.05, 3.63) is 57.7 Å². The molecule has 0 amide bonds. The van der Waals surface area contributed by atoms with Crippen molar-refractivity contribution in [2.75, 3.05) is 11.5 Å². The van der Waals surface area contributed by atoms with Gasteiger partial charge in [0.1, 0.15) is 0 Å². The summed E-state index contributed by atoms with van der Waals surface area (Å²) in [4.78, 5) is 23.7. The van der Waals surface area contributed by atoms with Crippen molar-refractivity contribution < 1.29 is 9.52 Å². The van der Waals surface area contributed by atoms with Gasteiger partial charge in [-0.15, -0.1) is 0 Å². The van der Waals surface area contributed by atoms with Crippen molar-refractivity contribution in [2.24, 2.45) is 0 Å². The summed E-state index contributed by atoms with van der Waals surface area (Å²) in [5, 5.41) is 0. The Bertz CT molecular complexity index is 546. The fourth-order valence-corrected chi connectivity index (χ4v) is 3.33. The number of hydrogen-bond acceptors (Lipinski definition) is 3. The second kappa shape index (κ2) is 7.50. The standard InChI is InChI=1S/C16H22N2O2S/c1-13-5-3-7-15(17(13)19)9-11-21-12-10-16-8-4-6-14(2)18(16)20/h3-8,13,16H,9-12H2,1-2H3/q+2. The van der Waals surface area contributed by atoms with Crippen LogP contribution in [0.2, 0.25) is 0 Å². The molecule has 4 nitrogen and oxygen atoms in total. The quantitative estimate of drug-likeness (QED) is 0.554. The van der Waals surface area contributed by atoms with E-state index in [4.69, 9.17) is 0 Å². The molecule has 2 heterocycles. The molecule has 0 N–H and O–H groups in total. The van der Waals surface area contributed by atoms with Gasteiger partial charge in [0.25, 0.3) is 0 Å². The van der Waals surface area contributed by atoms with E-state index in [2.05, 4.69) is 0 Å². The molecular weight excluding hydrogens is 284 g/mol. The average Bonchev–Trinajstić information content (AvgIpc) is 2.47. The molecule has 0 aromatic rings. The third-order valence-corrected chi connectivity index (χ3v) is 4.73. The summed E-state index contributed by atoms with van der Waals surface area (Å²) in [5.41, 5.74) is 1.61. The molecule has 0 aromatic carbocycles. The van der Waals surface area contributed by atoms with Gasteiger partial charge >= 0.3 is 0 Å². The maximum absolute atomic E-state index is 11.8. The molecule has 0 fully saturated rings. The Morgan fingerprint density at radius 2 is 1.86 bits per heavy atom. The van der Waals surface area contributed by atoms with Crippen molar-refractivity contribution in [1.29, 1.82) is 0 Å². The Morgan fingerprint density at radius 3 is 2.67 bits per heavy atom. The monoisotopic (exact) mass is 306 g/mol. The topological polar surface area (TPSA) is 40.2 Å². The van der Waals surface area contributed by atoms with E-state index in [0.717, 1.165) is 45.3 Å². The lowest BCUT2D eigenvalue weighted by Crippen LogP contribution is -2.23. The first kappa shape index (κ1) is 15.9. The zero-order chi connectivity index (χ0) is 15.2. The van der Waals surface area contributed by atoms with E-state index in [1.807, 2.05) is 50.3 Å². The Labute approximate surface area is 129 Å². The van der Waals surface area contributed by atoms with Crippen LogP contribution in [-0.4, -0.2) is 33.1 Å². The molecule has 112 valence electrons. The van der Waals surface area contributed by atoms with E-state index in [-0.39, 0.29) is 12.1 Å². The molecule has 0 radical (unpaired) electrons. The van der Waals surface area contributed by atoms with Gasteiger partial charge in [-0.1, -0.05) is 12.2 Å². The summed E-state index contributed by atoms with van der Waals surface area (Å²) >= 11 is 1.80. The van der Waals surface area contributed by atoms with E-state index >= 15 is 0 Å². The molecule has 2 atom stereocenters. The molecule has 0 spiro atoms. The molecule has 2 aliphatic rings. The molecule has 2 aliphatic heterocycles. The maximum Gasteiger partial charge on any atom is 0.234 e. The van der Waals surface area contributed by atoms with Gasteiger partial charge in [0.05, 0.1) is 0 Å². The third kappa shape index (κ3) is 4.24. The van der Waals surface area contributed by atoms with E-state index < -0.39 is 0 Å². The van der Waals surface area contributed by atoms with Gasteiger partial charge in [-0.05, 0) is 12.2 Å². The fourth-order valence-electron chi connectivity index (χ4n) is 2.37. The number of hydrogen-bond donors (Lipinski definition) is 0. The first-order valence-electron chi connectivity index (χ1n) is 7.32. The second-order valence-electron chi connectivity index (χ2n) is 5.35. The van der Waals surface area contributed by atoms with Crippen LogP contribution >= 0.6 is 11.8 Å². The minimum atomic E-state index is -0.0637. The third-order valence-electron chi connectivity index (χ3n) is 3.71. The van der Waals surface area contributed by atoms with Crippen LogP contribution in [0, 0.1) is 9.81 Å². The highest BCUT2D eigenvalue weighted by Gasteiger charge is 2.27. The normalized spacial score (nSPS) is 25.0. The molecule has 21 heavy (non-hydrogen) atoms. The summed E-state index contributed by atoms with van der Waals surface area (Å²) < 4.78 is 2.16.